The van der Waals surface area contributed by atoms with Crippen molar-refractivity contribution >= 4 is 23.6 Å². The van der Waals surface area contributed by atoms with Crippen LogP contribution in [0.5, 0.6) is 0 Å². The van der Waals surface area contributed by atoms with Crippen LogP contribution in [-0.4, -0.2) is 45.5 Å². The summed E-state index contributed by atoms with van der Waals surface area (Å²) >= 11 is 1.74. The fourth-order valence-electron chi connectivity index (χ4n) is 3.58. The minimum Gasteiger partial charge on any atom is -0.352 e. The third kappa shape index (κ3) is 2.44. The fourth-order valence-corrected chi connectivity index (χ4v) is 5.01. The molecular formula is C14H23N3O2S. The molecule has 3 aliphatic rings. The van der Waals surface area contributed by atoms with Crippen LogP contribution >= 0.6 is 11.8 Å². The molecule has 0 spiro atoms. The summed E-state index contributed by atoms with van der Waals surface area (Å²) in [7, 11) is 0. The van der Waals surface area contributed by atoms with E-state index in [-0.39, 0.29) is 34.8 Å². The molecule has 1 saturated carbocycles. The van der Waals surface area contributed by atoms with E-state index < -0.39 is 0 Å². The number of nitrogens with zero attached hydrogens (tertiary/aromatic N) is 1. The van der Waals surface area contributed by atoms with Crippen molar-refractivity contribution in [1.82, 2.24) is 10.2 Å². The van der Waals surface area contributed by atoms with Crippen molar-refractivity contribution in [3.05, 3.63) is 0 Å². The van der Waals surface area contributed by atoms with Crippen molar-refractivity contribution in [3.63, 3.8) is 0 Å². The van der Waals surface area contributed by atoms with E-state index >= 15 is 0 Å². The molecule has 2 aliphatic heterocycles. The predicted molar refractivity (Wildman–Crippen MR) is 79.1 cm³/mol. The van der Waals surface area contributed by atoms with Gasteiger partial charge >= 0.3 is 0 Å². The molecular weight excluding hydrogens is 274 g/mol. The van der Waals surface area contributed by atoms with Gasteiger partial charge < -0.3 is 16.0 Å². The van der Waals surface area contributed by atoms with Crippen LogP contribution in [0, 0.1) is 0 Å². The zero-order valence-electron chi connectivity index (χ0n) is 11.9. The number of carbonyl (C=O) groups excluding carboxylic acids is 2. The maximum Gasteiger partial charge on any atom is 0.243 e. The highest BCUT2D eigenvalue weighted by Gasteiger charge is 2.53. The molecule has 2 unspecified atom stereocenters. The lowest BCUT2D eigenvalue weighted by Crippen LogP contribution is -2.52. The zero-order valence-corrected chi connectivity index (χ0v) is 12.7. The van der Waals surface area contributed by atoms with Gasteiger partial charge in [-0.2, -0.15) is 0 Å². The first kappa shape index (κ1) is 14.2. The third-order valence-electron chi connectivity index (χ3n) is 4.87. The zero-order chi connectivity index (χ0) is 14.3. The fraction of sp³-hybridized carbons (Fsp3) is 0.857. The van der Waals surface area contributed by atoms with Gasteiger partial charge in [0.1, 0.15) is 6.04 Å². The molecule has 3 rings (SSSR count). The molecule has 5 nitrogen and oxygen atoms in total. The molecule has 6 heteroatoms. The summed E-state index contributed by atoms with van der Waals surface area (Å²) in [6.07, 6.45) is 5.30. The minimum atomic E-state index is -0.282. The molecule has 2 heterocycles. The number of hydrogen-bond acceptors (Lipinski definition) is 4. The van der Waals surface area contributed by atoms with Crippen molar-refractivity contribution < 1.29 is 9.59 Å². The predicted octanol–water partition coefficient (Wildman–Crippen LogP) is 0.826. The van der Waals surface area contributed by atoms with Gasteiger partial charge in [-0.1, -0.05) is 0 Å². The number of nitrogens with one attached hydrogen (secondary N) is 1. The third-order valence-corrected chi connectivity index (χ3v) is 6.37. The molecule has 0 aromatic carbocycles. The first-order valence-corrected chi connectivity index (χ1v) is 8.50. The second kappa shape index (κ2) is 5.22. The van der Waals surface area contributed by atoms with Crippen molar-refractivity contribution in [2.75, 3.05) is 5.75 Å². The van der Waals surface area contributed by atoms with Crippen molar-refractivity contribution in [1.29, 1.82) is 0 Å². The van der Waals surface area contributed by atoms with Crippen LogP contribution in [0.15, 0.2) is 0 Å². The highest BCUT2D eigenvalue weighted by Crippen LogP contribution is 2.47. The van der Waals surface area contributed by atoms with Gasteiger partial charge in [-0.05, 0) is 39.0 Å². The average molecular weight is 297 g/mol. The minimum absolute atomic E-state index is 0.0250. The van der Waals surface area contributed by atoms with Crippen LogP contribution in [0.3, 0.4) is 0 Å². The smallest absolute Gasteiger partial charge is 0.243 e. The summed E-state index contributed by atoms with van der Waals surface area (Å²) < 4.78 is 0. The molecule has 2 amide bonds. The normalized spacial score (nSPS) is 40.8. The summed E-state index contributed by atoms with van der Waals surface area (Å²) in [5.74, 6) is 0.876. The standard InChI is InChI=1S/C14H23N3O2S/c1-14-7-6-12(18)17(14)11(8-20-14)13(19)16-10-4-2-9(15)3-5-10/h9-11H,2-8,15H2,1H3,(H,16,19). The Kier molecular flexibility index (Phi) is 3.71. The largest absolute Gasteiger partial charge is 0.352 e. The monoisotopic (exact) mass is 297 g/mol. The highest BCUT2D eigenvalue weighted by atomic mass is 32.2. The lowest BCUT2D eigenvalue weighted by Gasteiger charge is -2.32. The van der Waals surface area contributed by atoms with E-state index in [0.717, 1.165) is 37.9 Å². The SMILES string of the molecule is CC12CCC(=O)N1C(C(=O)NC1CCC(N)CC1)CS2. The Hall–Kier alpha value is -0.750. The van der Waals surface area contributed by atoms with Crippen molar-refractivity contribution in [3.8, 4) is 0 Å². The summed E-state index contributed by atoms with van der Waals surface area (Å²) in [5.41, 5.74) is 5.89. The molecule has 3 N–H and O–H groups in total. The molecule has 3 fully saturated rings. The number of hydrogen-bond donors (Lipinski definition) is 2. The van der Waals surface area contributed by atoms with E-state index in [9.17, 15) is 9.59 Å². The van der Waals surface area contributed by atoms with Crippen LogP contribution in [0.1, 0.15) is 45.4 Å². The molecule has 0 aromatic heterocycles. The molecule has 112 valence electrons. The van der Waals surface area contributed by atoms with Crippen molar-refractivity contribution in [2.24, 2.45) is 5.73 Å². The molecule has 2 saturated heterocycles. The summed E-state index contributed by atoms with van der Waals surface area (Å²) in [6.45, 7) is 2.08. The van der Waals surface area contributed by atoms with E-state index in [4.69, 9.17) is 5.73 Å². The molecule has 2 atom stereocenters. The number of rotatable bonds is 2. The van der Waals surface area contributed by atoms with Gasteiger partial charge in [-0.15, -0.1) is 11.8 Å². The Morgan fingerprint density at radius 1 is 1.40 bits per heavy atom. The molecule has 0 aromatic rings. The van der Waals surface area contributed by atoms with Gasteiger partial charge in [0, 0.05) is 24.3 Å². The molecule has 20 heavy (non-hydrogen) atoms. The maximum absolute atomic E-state index is 12.5. The van der Waals surface area contributed by atoms with Gasteiger partial charge in [-0.25, -0.2) is 0 Å². The molecule has 1 aliphatic carbocycles. The van der Waals surface area contributed by atoms with Gasteiger partial charge in [0.2, 0.25) is 11.8 Å². The number of nitrogens with two attached hydrogens (primary N) is 1. The lowest BCUT2D eigenvalue weighted by atomic mass is 9.91. The Bertz CT molecular complexity index is 423. The first-order valence-electron chi connectivity index (χ1n) is 7.52. The van der Waals surface area contributed by atoms with Crippen molar-refractivity contribution in [2.45, 2.75) is 68.4 Å². The van der Waals surface area contributed by atoms with Crippen LogP contribution in [-0.2, 0) is 9.59 Å². The second-order valence-electron chi connectivity index (χ2n) is 6.39. The Labute approximate surface area is 124 Å². The summed E-state index contributed by atoms with van der Waals surface area (Å²) in [6, 6.07) is 0.237. The Morgan fingerprint density at radius 2 is 2.10 bits per heavy atom. The number of amides is 2. The van der Waals surface area contributed by atoms with Gasteiger partial charge in [0.05, 0.1) is 4.87 Å². The van der Waals surface area contributed by atoms with Crippen LogP contribution in [0.2, 0.25) is 0 Å². The maximum atomic E-state index is 12.5. The molecule has 0 bridgehead atoms. The van der Waals surface area contributed by atoms with Gasteiger partial charge in [0.15, 0.2) is 0 Å². The average Bonchev–Trinajstić information content (AvgIpc) is 2.90. The second-order valence-corrected chi connectivity index (χ2v) is 7.89. The topological polar surface area (TPSA) is 75.4 Å². The summed E-state index contributed by atoms with van der Waals surface area (Å²) in [4.78, 5) is 26.2. The highest BCUT2D eigenvalue weighted by molar-refractivity contribution is 8.01. The quantitative estimate of drug-likeness (QED) is 0.791. The Morgan fingerprint density at radius 3 is 2.80 bits per heavy atom. The van der Waals surface area contributed by atoms with Crippen LogP contribution in [0.25, 0.3) is 0 Å². The molecule has 0 radical (unpaired) electrons. The van der Waals surface area contributed by atoms with Crippen LogP contribution < -0.4 is 11.1 Å². The van der Waals surface area contributed by atoms with E-state index in [1.54, 1.807) is 11.8 Å². The Balaban J connectivity index is 1.62. The van der Waals surface area contributed by atoms with E-state index in [1.165, 1.54) is 0 Å². The van der Waals surface area contributed by atoms with E-state index in [2.05, 4.69) is 12.2 Å². The number of fused-ring (bicyclic) bond motifs is 1. The van der Waals surface area contributed by atoms with Gasteiger partial charge in [0.25, 0.3) is 0 Å². The van der Waals surface area contributed by atoms with E-state index in [0.29, 0.717) is 6.42 Å². The van der Waals surface area contributed by atoms with E-state index in [1.807, 2.05) is 4.90 Å². The summed E-state index contributed by atoms with van der Waals surface area (Å²) in [5, 5.41) is 3.13. The number of carbonyl (C=O) groups is 2. The number of thioether (sulfide) groups is 1. The lowest BCUT2D eigenvalue weighted by molar-refractivity contribution is -0.138. The van der Waals surface area contributed by atoms with Crippen LogP contribution in [0.4, 0.5) is 0 Å². The first-order chi connectivity index (χ1) is 9.49. The van der Waals surface area contributed by atoms with Gasteiger partial charge in [-0.3, -0.25) is 9.59 Å².